The molecule has 0 spiro atoms. The van der Waals surface area contributed by atoms with E-state index in [0.717, 1.165) is 35.9 Å². The molecule has 0 radical (unpaired) electrons. The van der Waals surface area contributed by atoms with Gasteiger partial charge in [-0.25, -0.2) is 0 Å². The number of amides is 1. The number of carbonyl (C=O) groups is 1. The molecule has 2 fully saturated rings. The average Bonchev–Trinajstić information content (AvgIpc) is 3.25. The predicted molar refractivity (Wildman–Crippen MR) is 126 cm³/mol. The van der Waals surface area contributed by atoms with Gasteiger partial charge >= 0.3 is 0 Å². The number of fused-ring (bicyclic) bond motifs is 1. The Bertz CT molecular complexity index is 1040. The molecular weight excluding hydrogens is 418 g/mol. The molecule has 3 heterocycles. The van der Waals surface area contributed by atoms with Crippen LogP contribution in [0.3, 0.4) is 0 Å². The van der Waals surface area contributed by atoms with E-state index in [1.54, 1.807) is 6.20 Å². The van der Waals surface area contributed by atoms with Gasteiger partial charge in [-0.3, -0.25) is 14.3 Å². The first-order valence-electron chi connectivity index (χ1n) is 11.6. The Morgan fingerprint density at radius 3 is 2.69 bits per heavy atom. The van der Waals surface area contributed by atoms with Crippen LogP contribution in [0.1, 0.15) is 44.1 Å². The lowest BCUT2D eigenvalue weighted by Gasteiger charge is -2.44. The SMILES string of the molecule is O=C(CSc1nnc(-c2cccnc2)n1Cc1ccccc1)N1CCCC2CCCCC21. The normalized spacial score (nSPS) is 20.7. The van der Waals surface area contributed by atoms with Gasteiger partial charge in [0, 0.05) is 30.5 Å². The third kappa shape index (κ3) is 4.58. The molecule has 6 nitrogen and oxygen atoms in total. The molecule has 32 heavy (non-hydrogen) atoms. The Morgan fingerprint density at radius 1 is 1.00 bits per heavy atom. The van der Waals surface area contributed by atoms with Gasteiger partial charge < -0.3 is 4.90 Å². The van der Waals surface area contributed by atoms with Gasteiger partial charge in [-0.1, -0.05) is 54.9 Å². The number of rotatable bonds is 6. The van der Waals surface area contributed by atoms with Crippen molar-refractivity contribution in [3.63, 3.8) is 0 Å². The molecule has 0 N–H and O–H groups in total. The quantitative estimate of drug-likeness (QED) is 0.514. The van der Waals surface area contributed by atoms with Crippen LogP contribution >= 0.6 is 11.8 Å². The fraction of sp³-hybridized carbons (Fsp3) is 0.440. The van der Waals surface area contributed by atoms with Crippen LogP contribution in [0.4, 0.5) is 0 Å². The molecule has 166 valence electrons. The highest BCUT2D eigenvalue weighted by atomic mass is 32.2. The number of thioether (sulfide) groups is 1. The summed E-state index contributed by atoms with van der Waals surface area (Å²) in [6, 6.07) is 14.6. The number of aromatic nitrogens is 4. The standard InChI is InChI=1S/C25H29N5OS/c31-23(29-15-7-12-20-10-4-5-13-22(20)29)18-32-25-28-27-24(21-11-6-14-26-16-21)30(25)17-19-8-2-1-3-9-19/h1-3,6,8-9,11,14,16,20,22H,4-5,7,10,12-13,15,17-18H2. The molecule has 2 aliphatic rings. The van der Waals surface area contributed by atoms with E-state index in [0.29, 0.717) is 24.3 Å². The third-order valence-electron chi connectivity index (χ3n) is 6.71. The Balaban J connectivity index is 1.35. The van der Waals surface area contributed by atoms with E-state index >= 15 is 0 Å². The van der Waals surface area contributed by atoms with Crippen LogP contribution in [0.2, 0.25) is 0 Å². The van der Waals surface area contributed by atoms with E-state index in [1.807, 2.05) is 36.5 Å². The van der Waals surface area contributed by atoms with Crippen molar-refractivity contribution < 1.29 is 4.79 Å². The lowest BCUT2D eigenvalue weighted by Crippen LogP contribution is -2.50. The van der Waals surface area contributed by atoms with E-state index in [2.05, 4.69) is 36.8 Å². The number of carbonyl (C=O) groups excluding carboxylic acids is 1. The molecule has 1 saturated carbocycles. The van der Waals surface area contributed by atoms with Crippen molar-refractivity contribution in [3.05, 3.63) is 60.4 Å². The van der Waals surface area contributed by atoms with Gasteiger partial charge in [-0.2, -0.15) is 0 Å². The molecule has 1 amide bonds. The predicted octanol–water partition coefficient (Wildman–Crippen LogP) is 4.66. The summed E-state index contributed by atoms with van der Waals surface area (Å²) in [6.45, 7) is 1.56. The first-order chi connectivity index (χ1) is 15.8. The zero-order valence-corrected chi connectivity index (χ0v) is 19.1. The van der Waals surface area contributed by atoms with Crippen molar-refractivity contribution in [1.82, 2.24) is 24.6 Å². The van der Waals surface area contributed by atoms with Crippen molar-refractivity contribution in [2.75, 3.05) is 12.3 Å². The largest absolute Gasteiger partial charge is 0.339 e. The van der Waals surface area contributed by atoms with Crippen LogP contribution in [0.5, 0.6) is 0 Å². The summed E-state index contributed by atoms with van der Waals surface area (Å²) in [7, 11) is 0. The first kappa shape index (κ1) is 21.2. The molecule has 2 atom stereocenters. The highest BCUT2D eigenvalue weighted by Gasteiger charge is 2.35. The lowest BCUT2D eigenvalue weighted by molar-refractivity contribution is -0.134. The molecule has 1 aromatic carbocycles. The highest BCUT2D eigenvalue weighted by Crippen LogP contribution is 2.36. The van der Waals surface area contributed by atoms with Crippen LogP contribution in [-0.4, -0.2) is 48.9 Å². The molecule has 3 aromatic rings. The maximum absolute atomic E-state index is 13.2. The Morgan fingerprint density at radius 2 is 1.84 bits per heavy atom. The Kier molecular flexibility index (Phi) is 6.53. The van der Waals surface area contributed by atoms with Gasteiger partial charge in [0.25, 0.3) is 0 Å². The molecule has 2 aromatic heterocycles. The van der Waals surface area contributed by atoms with Crippen molar-refractivity contribution in [2.24, 2.45) is 5.92 Å². The summed E-state index contributed by atoms with van der Waals surface area (Å²) < 4.78 is 2.10. The monoisotopic (exact) mass is 447 g/mol. The zero-order valence-electron chi connectivity index (χ0n) is 18.3. The van der Waals surface area contributed by atoms with Crippen LogP contribution in [0, 0.1) is 5.92 Å². The van der Waals surface area contributed by atoms with Gasteiger partial charge in [0.1, 0.15) is 0 Å². The van der Waals surface area contributed by atoms with Gasteiger partial charge in [0.2, 0.25) is 5.91 Å². The highest BCUT2D eigenvalue weighted by molar-refractivity contribution is 7.99. The average molecular weight is 448 g/mol. The van der Waals surface area contributed by atoms with Crippen LogP contribution in [0.15, 0.2) is 60.0 Å². The summed E-state index contributed by atoms with van der Waals surface area (Å²) in [5.41, 5.74) is 2.10. The van der Waals surface area contributed by atoms with Crippen LogP contribution < -0.4 is 0 Å². The minimum absolute atomic E-state index is 0.240. The van der Waals surface area contributed by atoms with Gasteiger partial charge in [0.05, 0.1) is 12.3 Å². The minimum atomic E-state index is 0.240. The fourth-order valence-electron chi connectivity index (χ4n) is 5.16. The molecule has 2 unspecified atom stereocenters. The van der Waals surface area contributed by atoms with Crippen molar-refractivity contribution in [1.29, 1.82) is 0 Å². The molecule has 5 rings (SSSR count). The van der Waals surface area contributed by atoms with Crippen molar-refractivity contribution in [3.8, 4) is 11.4 Å². The minimum Gasteiger partial charge on any atom is -0.339 e. The van der Waals surface area contributed by atoms with Gasteiger partial charge in [-0.05, 0) is 49.3 Å². The second-order valence-corrected chi connectivity index (χ2v) is 9.69. The summed E-state index contributed by atoms with van der Waals surface area (Å²) in [6.07, 6.45) is 11.0. The van der Waals surface area contributed by atoms with E-state index in [4.69, 9.17) is 0 Å². The topological polar surface area (TPSA) is 63.9 Å². The molecule has 1 aliphatic carbocycles. The number of hydrogen-bond donors (Lipinski definition) is 0. The van der Waals surface area contributed by atoms with Gasteiger partial charge in [-0.15, -0.1) is 10.2 Å². The second kappa shape index (κ2) is 9.86. The van der Waals surface area contributed by atoms with E-state index in [9.17, 15) is 4.79 Å². The van der Waals surface area contributed by atoms with E-state index < -0.39 is 0 Å². The number of hydrogen-bond acceptors (Lipinski definition) is 5. The zero-order chi connectivity index (χ0) is 21.8. The smallest absolute Gasteiger partial charge is 0.233 e. The first-order valence-corrected chi connectivity index (χ1v) is 12.6. The lowest BCUT2D eigenvalue weighted by atomic mass is 9.78. The Hall–Kier alpha value is -2.67. The number of piperidine rings is 1. The molecule has 1 saturated heterocycles. The van der Waals surface area contributed by atoms with Crippen LogP contribution in [-0.2, 0) is 11.3 Å². The second-order valence-electron chi connectivity index (χ2n) is 8.75. The molecule has 7 heteroatoms. The maximum atomic E-state index is 13.2. The summed E-state index contributed by atoms with van der Waals surface area (Å²) in [5.74, 6) is 2.12. The van der Waals surface area contributed by atoms with Crippen LogP contribution in [0.25, 0.3) is 11.4 Å². The molecule has 0 bridgehead atoms. The molecular formula is C25H29N5OS. The third-order valence-corrected chi connectivity index (χ3v) is 7.66. The summed E-state index contributed by atoms with van der Waals surface area (Å²) in [5, 5.41) is 9.71. The fourth-order valence-corrected chi connectivity index (χ4v) is 5.98. The number of pyridine rings is 1. The van der Waals surface area contributed by atoms with E-state index in [1.165, 1.54) is 43.0 Å². The summed E-state index contributed by atoms with van der Waals surface area (Å²) >= 11 is 1.50. The number of likely N-dealkylation sites (tertiary alicyclic amines) is 1. The van der Waals surface area contributed by atoms with Crippen molar-refractivity contribution >= 4 is 17.7 Å². The van der Waals surface area contributed by atoms with Crippen molar-refractivity contribution in [2.45, 2.75) is 56.3 Å². The number of benzene rings is 1. The van der Waals surface area contributed by atoms with Gasteiger partial charge in [0.15, 0.2) is 11.0 Å². The molecule has 1 aliphatic heterocycles. The number of nitrogens with zero attached hydrogens (tertiary/aromatic N) is 5. The maximum Gasteiger partial charge on any atom is 0.233 e. The Labute approximate surface area is 193 Å². The summed E-state index contributed by atoms with van der Waals surface area (Å²) in [4.78, 5) is 19.6. The van der Waals surface area contributed by atoms with E-state index in [-0.39, 0.29) is 5.91 Å².